The van der Waals surface area contributed by atoms with Gasteiger partial charge >= 0.3 is 7.75 Å². The van der Waals surface area contributed by atoms with Crippen LogP contribution in [0.2, 0.25) is 0 Å². The molecule has 1 fully saturated rings. The molecule has 1 heterocycles. The zero-order valence-corrected chi connectivity index (χ0v) is 17.3. The van der Waals surface area contributed by atoms with Gasteiger partial charge in [0.15, 0.2) is 5.60 Å². The van der Waals surface area contributed by atoms with Gasteiger partial charge in [-0.25, -0.2) is 9.24 Å². The average molecular weight is 396 g/mol. The SMILES string of the molecule is C/C=C/[C@@](C#N)(Cc1ccccc1)OP1(=O)O[C@@H](c2ccccc2)[C@H](C)N1C. The molecular weight excluding hydrogens is 371 g/mol. The number of nitriles is 1. The van der Waals surface area contributed by atoms with E-state index in [4.69, 9.17) is 9.05 Å². The minimum Gasteiger partial charge on any atom is -0.287 e. The molecule has 0 aliphatic carbocycles. The van der Waals surface area contributed by atoms with Gasteiger partial charge in [0.05, 0.1) is 0 Å². The van der Waals surface area contributed by atoms with E-state index >= 15 is 0 Å². The van der Waals surface area contributed by atoms with Crippen LogP contribution in [0.15, 0.2) is 72.8 Å². The Balaban J connectivity index is 1.91. The minimum absolute atomic E-state index is 0.160. The summed E-state index contributed by atoms with van der Waals surface area (Å²) in [6.07, 6.45) is 3.28. The maximum atomic E-state index is 13.7. The van der Waals surface area contributed by atoms with Crippen LogP contribution >= 0.6 is 7.75 Å². The molecule has 0 saturated carbocycles. The van der Waals surface area contributed by atoms with E-state index in [-0.39, 0.29) is 12.5 Å². The molecule has 0 radical (unpaired) electrons. The molecule has 4 atom stereocenters. The fourth-order valence-electron chi connectivity index (χ4n) is 3.39. The fraction of sp³-hybridized carbons (Fsp3) is 0.318. The number of allylic oxidation sites excluding steroid dienone is 1. The highest BCUT2D eigenvalue weighted by atomic mass is 31.2. The van der Waals surface area contributed by atoms with Gasteiger partial charge in [-0.05, 0) is 38.1 Å². The summed E-state index contributed by atoms with van der Waals surface area (Å²) in [6.45, 7) is 3.76. The minimum atomic E-state index is -3.68. The van der Waals surface area contributed by atoms with Crippen LogP contribution in [-0.4, -0.2) is 23.4 Å². The highest BCUT2D eigenvalue weighted by Crippen LogP contribution is 2.64. The first-order chi connectivity index (χ1) is 13.4. The van der Waals surface area contributed by atoms with Crippen LogP contribution in [0.25, 0.3) is 0 Å². The number of hydrogen-bond donors (Lipinski definition) is 0. The Morgan fingerprint density at radius 3 is 2.39 bits per heavy atom. The lowest BCUT2D eigenvalue weighted by molar-refractivity contribution is 0.116. The molecule has 2 aromatic carbocycles. The number of rotatable bonds is 6. The van der Waals surface area contributed by atoms with Crippen molar-refractivity contribution >= 4 is 7.75 Å². The van der Waals surface area contributed by atoms with Crippen molar-refractivity contribution in [3.8, 4) is 6.07 Å². The second kappa shape index (κ2) is 8.43. The summed E-state index contributed by atoms with van der Waals surface area (Å²) in [7, 11) is -1.97. The van der Waals surface area contributed by atoms with E-state index in [2.05, 4.69) is 6.07 Å². The van der Waals surface area contributed by atoms with Gasteiger partial charge in [0, 0.05) is 12.5 Å². The van der Waals surface area contributed by atoms with Gasteiger partial charge < -0.3 is 0 Å². The molecule has 2 aromatic rings. The monoisotopic (exact) mass is 396 g/mol. The first kappa shape index (κ1) is 20.5. The van der Waals surface area contributed by atoms with Gasteiger partial charge in [-0.15, -0.1) is 0 Å². The molecule has 1 unspecified atom stereocenters. The highest BCUT2D eigenvalue weighted by Gasteiger charge is 2.52. The third-order valence-electron chi connectivity index (χ3n) is 5.00. The summed E-state index contributed by atoms with van der Waals surface area (Å²) in [4.78, 5) is 0. The van der Waals surface area contributed by atoms with Crippen molar-refractivity contribution in [1.82, 2.24) is 4.67 Å². The van der Waals surface area contributed by atoms with E-state index in [0.717, 1.165) is 11.1 Å². The van der Waals surface area contributed by atoms with Crippen molar-refractivity contribution in [1.29, 1.82) is 5.26 Å². The van der Waals surface area contributed by atoms with Crippen molar-refractivity contribution in [2.75, 3.05) is 7.05 Å². The first-order valence-corrected chi connectivity index (χ1v) is 10.8. The molecule has 1 aliphatic heterocycles. The van der Waals surface area contributed by atoms with Crippen LogP contribution in [0.4, 0.5) is 0 Å². The maximum Gasteiger partial charge on any atom is 0.410 e. The number of likely N-dealkylation sites (N-methyl/N-ethyl adjacent to an activating group) is 1. The zero-order chi connectivity index (χ0) is 20.2. The zero-order valence-electron chi connectivity index (χ0n) is 16.4. The largest absolute Gasteiger partial charge is 0.410 e. The average Bonchev–Trinajstić information content (AvgIpc) is 2.93. The van der Waals surface area contributed by atoms with E-state index in [1.54, 1.807) is 23.9 Å². The number of benzene rings is 2. The van der Waals surface area contributed by atoms with Crippen LogP contribution in [0.3, 0.4) is 0 Å². The quantitative estimate of drug-likeness (QED) is 0.491. The molecule has 6 heteroatoms. The summed E-state index contributed by atoms with van der Waals surface area (Å²) >= 11 is 0. The lowest BCUT2D eigenvalue weighted by atomic mass is 9.95. The summed E-state index contributed by atoms with van der Waals surface area (Å²) in [5.74, 6) is 0. The fourth-order valence-corrected chi connectivity index (χ4v) is 5.44. The molecule has 28 heavy (non-hydrogen) atoms. The smallest absolute Gasteiger partial charge is 0.287 e. The molecule has 5 nitrogen and oxygen atoms in total. The Bertz CT molecular complexity index is 910. The van der Waals surface area contributed by atoms with Gasteiger partial charge in [0.2, 0.25) is 0 Å². The van der Waals surface area contributed by atoms with Crippen molar-refractivity contribution in [3.05, 3.63) is 83.9 Å². The van der Waals surface area contributed by atoms with E-state index in [1.807, 2.05) is 74.5 Å². The topological polar surface area (TPSA) is 62.6 Å². The standard InChI is InChI=1S/C22H25N2O3P/c1-4-15-22(17-23,16-19-11-7-5-8-12-19)27-28(25)24(3)18(2)21(26-28)20-13-9-6-10-14-20/h4-15,18,21H,16H2,1-3H3/b15-4+/t18-,21+,22-,28?/m0/s1. The van der Waals surface area contributed by atoms with Crippen LogP contribution in [-0.2, 0) is 20.0 Å². The van der Waals surface area contributed by atoms with E-state index in [0.29, 0.717) is 0 Å². The van der Waals surface area contributed by atoms with Gasteiger partial charge in [0.25, 0.3) is 0 Å². The Morgan fingerprint density at radius 2 is 1.82 bits per heavy atom. The van der Waals surface area contributed by atoms with Crippen molar-refractivity contribution < 1.29 is 13.6 Å². The molecule has 1 saturated heterocycles. The third kappa shape index (κ3) is 4.11. The molecule has 0 spiro atoms. The Kier molecular flexibility index (Phi) is 6.17. The molecule has 0 N–H and O–H groups in total. The van der Waals surface area contributed by atoms with Crippen LogP contribution in [0, 0.1) is 11.3 Å². The lowest BCUT2D eigenvalue weighted by Gasteiger charge is -2.29. The van der Waals surface area contributed by atoms with E-state index in [9.17, 15) is 9.83 Å². The molecule has 0 amide bonds. The molecule has 1 aliphatic rings. The summed E-state index contributed by atoms with van der Waals surface area (Å²) in [6, 6.07) is 21.3. The summed E-state index contributed by atoms with van der Waals surface area (Å²) in [5, 5.41) is 9.96. The van der Waals surface area contributed by atoms with Gasteiger partial charge in [-0.2, -0.15) is 5.26 Å². The Morgan fingerprint density at radius 1 is 1.21 bits per heavy atom. The summed E-state index contributed by atoms with van der Waals surface area (Å²) in [5.41, 5.74) is 0.466. The van der Waals surface area contributed by atoms with Crippen molar-refractivity contribution in [3.63, 3.8) is 0 Å². The Hall–Kier alpha value is -2.22. The summed E-state index contributed by atoms with van der Waals surface area (Å²) < 4.78 is 27.3. The predicted octanol–water partition coefficient (Wildman–Crippen LogP) is 5.28. The predicted molar refractivity (Wildman–Crippen MR) is 109 cm³/mol. The normalized spacial score (nSPS) is 27.5. The first-order valence-electron chi connectivity index (χ1n) is 9.29. The van der Waals surface area contributed by atoms with Gasteiger partial charge in [-0.3, -0.25) is 9.05 Å². The Labute approximate surface area is 166 Å². The van der Waals surface area contributed by atoms with E-state index < -0.39 is 19.5 Å². The second-order valence-corrected chi connectivity index (χ2v) is 8.94. The molecule has 3 rings (SSSR count). The van der Waals surface area contributed by atoms with Crippen LogP contribution < -0.4 is 0 Å². The van der Waals surface area contributed by atoms with Crippen molar-refractivity contribution in [2.24, 2.45) is 0 Å². The lowest BCUT2D eigenvalue weighted by Crippen LogP contribution is -2.33. The highest BCUT2D eigenvalue weighted by molar-refractivity contribution is 7.51. The third-order valence-corrected chi connectivity index (χ3v) is 7.19. The molecule has 0 bridgehead atoms. The van der Waals surface area contributed by atoms with E-state index in [1.165, 1.54) is 0 Å². The maximum absolute atomic E-state index is 13.7. The van der Waals surface area contributed by atoms with Gasteiger partial charge in [-0.1, -0.05) is 66.7 Å². The van der Waals surface area contributed by atoms with Crippen LogP contribution in [0.1, 0.15) is 31.1 Å². The number of nitrogens with zero attached hydrogens (tertiary/aromatic N) is 2. The molecule has 0 aromatic heterocycles. The van der Waals surface area contributed by atoms with Crippen molar-refractivity contribution in [2.45, 2.75) is 38.0 Å². The van der Waals surface area contributed by atoms with Crippen LogP contribution in [0.5, 0.6) is 0 Å². The second-order valence-electron chi connectivity index (χ2n) is 6.97. The molecule has 146 valence electrons. The molecular formula is C22H25N2O3P. The number of hydrogen-bond acceptors (Lipinski definition) is 4. The van der Waals surface area contributed by atoms with Gasteiger partial charge in [0.1, 0.15) is 12.2 Å².